The fraction of sp³-hybridized carbons (Fsp3) is 0.562. The van der Waals surface area contributed by atoms with E-state index in [1.165, 1.54) is 25.7 Å². The first-order valence-corrected chi connectivity index (χ1v) is 7.26. The summed E-state index contributed by atoms with van der Waals surface area (Å²) in [6.07, 6.45) is 6.09. The number of para-hydroxylation sites is 1. The third kappa shape index (κ3) is 2.11. The molecular weight excluding hydrogens is 236 g/mol. The Morgan fingerprint density at radius 1 is 1.32 bits per heavy atom. The number of benzene rings is 1. The molecule has 2 N–H and O–H groups in total. The van der Waals surface area contributed by atoms with Gasteiger partial charge in [0, 0.05) is 5.41 Å². The van der Waals surface area contributed by atoms with E-state index in [4.69, 9.17) is 15.1 Å². The van der Waals surface area contributed by atoms with E-state index in [-0.39, 0.29) is 5.41 Å². The number of rotatable bonds is 3. The fourth-order valence-electron chi connectivity index (χ4n) is 3.54. The molecule has 1 aromatic carbocycles. The van der Waals surface area contributed by atoms with Crippen molar-refractivity contribution in [2.45, 2.75) is 51.4 Å². The number of hydrogen-bond acceptors (Lipinski definition) is 3. The second-order valence-corrected chi connectivity index (χ2v) is 6.30. The topological polar surface area (TPSA) is 52.0 Å². The Kier molecular flexibility index (Phi) is 3.00. The highest BCUT2D eigenvalue weighted by Gasteiger charge is 2.40. The SMILES string of the molecule is CC(C)CC1(c2nc3c(N)cccc3o2)CCCC1. The maximum atomic E-state index is 6.05. The Bertz CT molecular complexity index is 579. The van der Waals surface area contributed by atoms with E-state index in [1.54, 1.807) is 0 Å². The molecule has 1 aromatic heterocycles. The Hall–Kier alpha value is -1.51. The van der Waals surface area contributed by atoms with Crippen LogP contribution in [-0.2, 0) is 5.41 Å². The second kappa shape index (κ2) is 4.55. The summed E-state index contributed by atoms with van der Waals surface area (Å²) >= 11 is 0. The number of anilines is 1. The number of hydrogen-bond donors (Lipinski definition) is 1. The molecule has 1 aliphatic carbocycles. The highest BCUT2D eigenvalue weighted by atomic mass is 16.3. The van der Waals surface area contributed by atoms with Crippen LogP contribution in [0.25, 0.3) is 11.1 Å². The van der Waals surface area contributed by atoms with Gasteiger partial charge in [0.15, 0.2) is 5.58 Å². The summed E-state index contributed by atoms with van der Waals surface area (Å²) in [5.41, 5.74) is 8.49. The van der Waals surface area contributed by atoms with Gasteiger partial charge in [-0.05, 0) is 37.3 Å². The summed E-state index contributed by atoms with van der Waals surface area (Å²) in [6, 6.07) is 5.77. The van der Waals surface area contributed by atoms with Crippen LogP contribution >= 0.6 is 0 Å². The van der Waals surface area contributed by atoms with E-state index < -0.39 is 0 Å². The first kappa shape index (κ1) is 12.5. The Morgan fingerprint density at radius 2 is 2.05 bits per heavy atom. The van der Waals surface area contributed by atoms with Gasteiger partial charge in [-0.2, -0.15) is 0 Å². The van der Waals surface area contributed by atoms with E-state index >= 15 is 0 Å². The molecule has 1 heterocycles. The first-order valence-electron chi connectivity index (χ1n) is 7.26. The molecule has 2 aromatic rings. The average molecular weight is 258 g/mol. The Labute approximate surface area is 114 Å². The molecule has 0 spiro atoms. The number of nitrogens with two attached hydrogens (primary N) is 1. The first-order chi connectivity index (χ1) is 9.11. The third-order valence-corrected chi connectivity index (χ3v) is 4.26. The van der Waals surface area contributed by atoms with Crippen LogP contribution in [0.1, 0.15) is 51.8 Å². The minimum absolute atomic E-state index is 0.139. The van der Waals surface area contributed by atoms with Gasteiger partial charge >= 0.3 is 0 Å². The highest BCUT2D eigenvalue weighted by Crippen LogP contribution is 2.46. The van der Waals surface area contributed by atoms with Gasteiger partial charge in [0.1, 0.15) is 5.52 Å². The van der Waals surface area contributed by atoms with Gasteiger partial charge in [-0.3, -0.25) is 0 Å². The van der Waals surface area contributed by atoms with Crippen molar-refractivity contribution in [1.82, 2.24) is 4.98 Å². The minimum atomic E-state index is 0.139. The van der Waals surface area contributed by atoms with Crippen molar-refractivity contribution < 1.29 is 4.42 Å². The van der Waals surface area contributed by atoms with Gasteiger partial charge in [0.2, 0.25) is 5.89 Å². The average Bonchev–Trinajstić information content (AvgIpc) is 2.95. The van der Waals surface area contributed by atoms with E-state index in [0.29, 0.717) is 11.6 Å². The lowest BCUT2D eigenvalue weighted by atomic mass is 9.78. The molecule has 0 unspecified atom stereocenters. The normalized spacial score (nSPS) is 18.5. The lowest BCUT2D eigenvalue weighted by molar-refractivity contribution is 0.280. The molecular formula is C16H22N2O. The zero-order valence-electron chi connectivity index (χ0n) is 11.8. The molecule has 19 heavy (non-hydrogen) atoms. The molecule has 1 aliphatic rings. The van der Waals surface area contributed by atoms with Crippen molar-refractivity contribution >= 4 is 16.8 Å². The number of aromatic nitrogens is 1. The van der Waals surface area contributed by atoms with Crippen molar-refractivity contribution in [1.29, 1.82) is 0 Å². The van der Waals surface area contributed by atoms with Crippen LogP contribution in [0.3, 0.4) is 0 Å². The monoisotopic (exact) mass is 258 g/mol. The van der Waals surface area contributed by atoms with Crippen LogP contribution in [0.15, 0.2) is 22.6 Å². The fourth-order valence-corrected chi connectivity index (χ4v) is 3.54. The van der Waals surface area contributed by atoms with Crippen molar-refractivity contribution in [2.24, 2.45) is 5.92 Å². The van der Waals surface area contributed by atoms with Gasteiger partial charge in [-0.25, -0.2) is 4.98 Å². The van der Waals surface area contributed by atoms with Crippen LogP contribution in [0, 0.1) is 5.92 Å². The predicted molar refractivity (Wildman–Crippen MR) is 78.0 cm³/mol. The molecule has 0 saturated heterocycles. The molecule has 3 heteroatoms. The van der Waals surface area contributed by atoms with Crippen LogP contribution in [-0.4, -0.2) is 4.98 Å². The maximum absolute atomic E-state index is 6.05. The highest BCUT2D eigenvalue weighted by molar-refractivity contribution is 5.85. The smallest absolute Gasteiger partial charge is 0.201 e. The van der Waals surface area contributed by atoms with Gasteiger partial charge in [-0.15, -0.1) is 0 Å². The van der Waals surface area contributed by atoms with E-state index in [2.05, 4.69) is 13.8 Å². The van der Waals surface area contributed by atoms with Gasteiger partial charge in [-0.1, -0.05) is 32.8 Å². The summed E-state index contributed by atoms with van der Waals surface area (Å²) in [7, 11) is 0. The summed E-state index contributed by atoms with van der Waals surface area (Å²) in [5.74, 6) is 1.57. The molecule has 0 radical (unpaired) electrons. The van der Waals surface area contributed by atoms with Gasteiger partial charge < -0.3 is 10.2 Å². The van der Waals surface area contributed by atoms with Crippen LogP contribution < -0.4 is 5.73 Å². The molecule has 1 fully saturated rings. The van der Waals surface area contributed by atoms with Gasteiger partial charge in [0.05, 0.1) is 5.69 Å². The number of oxazole rings is 1. The van der Waals surface area contributed by atoms with E-state index in [0.717, 1.165) is 23.4 Å². The minimum Gasteiger partial charge on any atom is -0.440 e. The summed E-state index contributed by atoms with van der Waals surface area (Å²) in [6.45, 7) is 4.55. The second-order valence-electron chi connectivity index (χ2n) is 6.30. The molecule has 1 saturated carbocycles. The van der Waals surface area contributed by atoms with Crippen molar-refractivity contribution in [3.8, 4) is 0 Å². The quantitative estimate of drug-likeness (QED) is 0.836. The lowest BCUT2D eigenvalue weighted by Crippen LogP contribution is -2.24. The van der Waals surface area contributed by atoms with Crippen molar-refractivity contribution in [3.05, 3.63) is 24.1 Å². The van der Waals surface area contributed by atoms with Gasteiger partial charge in [0.25, 0.3) is 0 Å². The molecule has 102 valence electrons. The standard InChI is InChI=1S/C16H22N2O/c1-11(2)10-16(8-3-4-9-16)15-18-14-12(17)6-5-7-13(14)19-15/h5-7,11H,3-4,8-10,17H2,1-2H3. The van der Waals surface area contributed by atoms with Crippen LogP contribution in [0.2, 0.25) is 0 Å². The predicted octanol–water partition coefficient (Wildman–Crippen LogP) is 4.27. The molecule has 3 rings (SSSR count). The van der Waals surface area contributed by atoms with Crippen LogP contribution in [0.4, 0.5) is 5.69 Å². The summed E-state index contributed by atoms with van der Waals surface area (Å²) < 4.78 is 6.05. The number of nitrogen functional groups attached to an aromatic ring is 1. The molecule has 0 amide bonds. The largest absolute Gasteiger partial charge is 0.440 e. The van der Waals surface area contributed by atoms with Crippen molar-refractivity contribution in [3.63, 3.8) is 0 Å². The zero-order valence-corrected chi connectivity index (χ0v) is 11.8. The third-order valence-electron chi connectivity index (χ3n) is 4.26. The maximum Gasteiger partial charge on any atom is 0.201 e. The van der Waals surface area contributed by atoms with E-state index in [9.17, 15) is 0 Å². The lowest BCUT2D eigenvalue weighted by Gasteiger charge is -2.27. The Balaban J connectivity index is 2.08. The van der Waals surface area contributed by atoms with Crippen molar-refractivity contribution in [2.75, 3.05) is 5.73 Å². The zero-order chi connectivity index (χ0) is 13.5. The molecule has 0 bridgehead atoms. The van der Waals surface area contributed by atoms with Crippen LogP contribution in [0.5, 0.6) is 0 Å². The molecule has 3 nitrogen and oxygen atoms in total. The van der Waals surface area contributed by atoms with E-state index in [1.807, 2.05) is 18.2 Å². The number of nitrogens with zero attached hydrogens (tertiary/aromatic N) is 1. The summed E-state index contributed by atoms with van der Waals surface area (Å²) in [4.78, 5) is 4.73. The summed E-state index contributed by atoms with van der Waals surface area (Å²) in [5, 5.41) is 0. The Morgan fingerprint density at radius 3 is 2.68 bits per heavy atom. The molecule has 0 atom stereocenters. The number of fused-ring (bicyclic) bond motifs is 1. The molecule has 0 aliphatic heterocycles.